The van der Waals surface area contributed by atoms with Gasteiger partial charge in [0.2, 0.25) is 4.05 Å². The first-order valence-corrected chi connectivity index (χ1v) is 7.15. The lowest BCUT2D eigenvalue weighted by atomic mass is 10.1. The summed E-state index contributed by atoms with van der Waals surface area (Å²) in [5.74, 6) is 2.94. The third-order valence-corrected chi connectivity index (χ3v) is 4.78. The van der Waals surface area contributed by atoms with Crippen LogP contribution in [0.2, 0.25) is 0 Å². The molecule has 16 heavy (non-hydrogen) atoms. The van der Waals surface area contributed by atoms with Crippen LogP contribution < -0.4 is 12.4 Å². The number of hydrogen-bond donors (Lipinski definition) is 0. The predicted octanol–water partition coefficient (Wildman–Crippen LogP) is 0.818. The summed E-state index contributed by atoms with van der Waals surface area (Å²) in [6.07, 6.45) is 8.14. The van der Waals surface area contributed by atoms with Crippen LogP contribution in [0.1, 0.15) is 47.5 Å². The van der Waals surface area contributed by atoms with E-state index in [1.165, 1.54) is 19.4 Å². The number of halogens is 2. The number of quaternary nitrogens is 1. The van der Waals surface area contributed by atoms with Gasteiger partial charge < -0.3 is 12.4 Å². The Morgan fingerprint density at radius 3 is 1.88 bits per heavy atom. The van der Waals surface area contributed by atoms with E-state index in [1.807, 2.05) is 0 Å². The Bertz CT molecular complexity index is 212. The lowest BCUT2D eigenvalue weighted by molar-refractivity contribution is -0.966. The fraction of sp³-hybridized carbons (Fsp3) is 0.846. The minimum atomic E-state index is 0. The summed E-state index contributed by atoms with van der Waals surface area (Å²) < 4.78 is 1.33. The highest BCUT2D eigenvalue weighted by molar-refractivity contribution is 14.1. The van der Waals surface area contributed by atoms with Crippen LogP contribution >= 0.6 is 22.6 Å². The summed E-state index contributed by atoms with van der Waals surface area (Å²) in [6.45, 7) is 12.6. The summed E-state index contributed by atoms with van der Waals surface area (Å²) >= 11 is 2.43. The van der Waals surface area contributed by atoms with Crippen molar-refractivity contribution in [3.05, 3.63) is 0 Å². The molecule has 0 heterocycles. The van der Waals surface area contributed by atoms with Crippen molar-refractivity contribution in [2.75, 3.05) is 6.54 Å². The molecule has 1 atom stereocenters. The van der Waals surface area contributed by atoms with Gasteiger partial charge in [-0.2, -0.15) is 0 Å². The zero-order valence-electron chi connectivity index (χ0n) is 11.1. The zero-order valence-corrected chi connectivity index (χ0v) is 14.0. The third-order valence-electron chi connectivity index (χ3n) is 3.38. The second kappa shape index (κ2) is 8.60. The fourth-order valence-electron chi connectivity index (χ4n) is 2.32. The largest absolute Gasteiger partial charge is 1.00 e. The van der Waals surface area contributed by atoms with Crippen molar-refractivity contribution >= 4 is 22.6 Å². The molecule has 0 saturated heterocycles. The molecule has 0 N–H and O–H groups in total. The average molecular weight is 358 g/mol. The van der Waals surface area contributed by atoms with Gasteiger partial charge in [0.1, 0.15) is 0 Å². The van der Waals surface area contributed by atoms with E-state index in [4.69, 9.17) is 6.42 Å². The Hall–Kier alpha value is 0.540. The molecular weight excluding hydrogens is 333 g/mol. The molecule has 1 unspecified atom stereocenters. The van der Waals surface area contributed by atoms with Crippen LogP contribution in [0.4, 0.5) is 0 Å². The van der Waals surface area contributed by atoms with Gasteiger partial charge in [-0.3, -0.25) is 4.48 Å². The second-order valence-corrected chi connectivity index (χ2v) is 5.94. The van der Waals surface area contributed by atoms with Crippen LogP contribution in [0, 0.1) is 12.3 Å². The van der Waals surface area contributed by atoms with Gasteiger partial charge in [-0.25, -0.2) is 0 Å². The summed E-state index contributed by atoms with van der Waals surface area (Å²) in [5, 5.41) is 0. The maximum Gasteiger partial charge on any atom is 0.200 e. The van der Waals surface area contributed by atoms with Crippen LogP contribution in [0.5, 0.6) is 0 Å². The number of hydrogen-bond acceptors (Lipinski definition) is 0. The topological polar surface area (TPSA) is 0 Å². The van der Waals surface area contributed by atoms with E-state index in [1.54, 1.807) is 0 Å². The van der Waals surface area contributed by atoms with Crippen molar-refractivity contribution < 1.29 is 16.9 Å². The number of terminal acetylenes is 1. The third kappa shape index (κ3) is 4.09. The minimum absolute atomic E-state index is 0. The van der Waals surface area contributed by atoms with Crippen molar-refractivity contribution in [2.45, 2.75) is 63.6 Å². The van der Waals surface area contributed by atoms with E-state index in [0.717, 1.165) is 4.48 Å². The number of nitrogens with zero attached hydrogens (tertiary/aromatic N) is 1. The normalized spacial score (nSPS) is 13.4. The molecule has 0 aromatic heterocycles. The molecule has 3 heteroatoms. The molecule has 0 radical (unpaired) electrons. The maximum atomic E-state index is 5.63. The van der Waals surface area contributed by atoms with E-state index in [2.05, 4.69) is 63.1 Å². The summed E-state index contributed by atoms with van der Waals surface area (Å²) in [4.78, 5) is 0. The lowest BCUT2D eigenvalue weighted by Crippen LogP contribution is -3.00. The highest BCUT2D eigenvalue weighted by atomic mass is 127. The summed E-state index contributed by atoms with van der Waals surface area (Å²) in [6, 6.07) is 1.18. The first-order chi connectivity index (χ1) is 6.93. The fourth-order valence-corrected chi connectivity index (χ4v) is 3.89. The van der Waals surface area contributed by atoms with Gasteiger partial charge in [-0.1, -0.05) is 13.3 Å². The number of alkyl halides is 1. The van der Waals surface area contributed by atoms with Gasteiger partial charge in [0.05, 0.1) is 18.6 Å². The Balaban J connectivity index is 0. The molecule has 0 fully saturated rings. The molecule has 0 spiro atoms. The van der Waals surface area contributed by atoms with Crippen molar-refractivity contribution in [3.63, 3.8) is 0 Å². The minimum Gasteiger partial charge on any atom is -1.00 e. The standard InChI is InChI=1S/C13H25IN.ClH/c1-7-9-10-15(11(3)4,12(5)6)13(14)8-2;/h2,11-13H,7,9-10H2,1,3-6H3;1H/q+1;/p-1. The smallest absolute Gasteiger partial charge is 0.200 e. The average Bonchev–Trinajstić information content (AvgIpc) is 2.17. The van der Waals surface area contributed by atoms with Gasteiger partial charge in [-0.05, 0) is 40.0 Å². The molecule has 1 nitrogen and oxygen atoms in total. The molecule has 96 valence electrons. The first-order valence-electron chi connectivity index (χ1n) is 5.90. The predicted molar refractivity (Wildman–Crippen MR) is 76.9 cm³/mol. The molecule has 0 bridgehead atoms. The lowest BCUT2D eigenvalue weighted by Gasteiger charge is -2.47. The Kier molecular flexibility index (Phi) is 10.2. The van der Waals surface area contributed by atoms with Crippen LogP contribution in [0.25, 0.3) is 0 Å². The van der Waals surface area contributed by atoms with Gasteiger partial charge in [0.15, 0.2) is 0 Å². The molecule has 0 amide bonds. The quantitative estimate of drug-likeness (QED) is 0.217. The molecular formula is C13H25ClIN. The van der Waals surface area contributed by atoms with Crippen molar-refractivity contribution in [2.24, 2.45) is 0 Å². The Labute approximate surface area is 122 Å². The molecule has 0 aromatic carbocycles. The highest BCUT2D eigenvalue weighted by Crippen LogP contribution is 2.28. The van der Waals surface area contributed by atoms with Crippen molar-refractivity contribution in [1.82, 2.24) is 0 Å². The SMILES string of the molecule is C#CC(I)[N+](CCCC)(C(C)C)C(C)C.[Cl-]. The van der Waals surface area contributed by atoms with Gasteiger partial charge >= 0.3 is 0 Å². The van der Waals surface area contributed by atoms with Crippen LogP contribution in [0.15, 0.2) is 0 Å². The molecule has 0 aliphatic carbocycles. The molecule has 0 aliphatic heterocycles. The second-order valence-electron chi connectivity index (χ2n) is 4.76. The molecule has 0 aromatic rings. The van der Waals surface area contributed by atoms with Gasteiger partial charge in [0, 0.05) is 22.6 Å². The van der Waals surface area contributed by atoms with E-state index in [0.29, 0.717) is 12.1 Å². The maximum absolute atomic E-state index is 5.63. The van der Waals surface area contributed by atoms with Gasteiger partial charge in [0.25, 0.3) is 0 Å². The first kappa shape index (κ1) is 18.9. The van der Waals surface area contributed by atoms with Crippen molar-refractivity contribution in [3.8, 4) is 12.3 Å². The number of rotatable bonds is 6. The highest BCUT2D eigenvalue weighted by Gasteiger charge is 2.39. The van der Waals surface area contributed by atoms with Crippen LogP contribution in [-0.4, -0.2) is 27.2 Å². The van der Waals surface area contributed by atoms with E-state index >= 15 is 0 Å². The Morgan fingerprint density at radius 1 is 1.19 bits per heavy atom. The van der Waals surface area contributed by atoms with Crippen LogP contribution in [0.3, 0.4) is 0 Å². The number of unbranched alkanes of at least 4 members (excludes halogenated alkanes) is 1. The molecule has 0 rings (SSSR count). The van der Waals surface area contributed by atoms with E-state index in [-0.39, 0.29) is 16.5 Å². The zero-order chi connectivity index (χ0) is 12.1. The van der Waals surface area contributed by atoms with E-state index in [9.17, 15) is 0 Å². The van der Waals surface area contributed by atoms with E-state index < -0.39 is 0 Å². The molecule has 0 aliphatic rings. The Morgan fingerprint density at radius 2 is 1.62 bits per heavy atom. The van der Waals surface area contributed by atoms with Crippen LogP contribution in [-0.2, 0) is 0 Å². The molecule has 0 saturated carbocycles. The van der Waals surface area contributed by atoms with Crippen molar-refractivity contribution in [1.29, 1.82) is 0 Å². The summed E-state index contributed by atoms with van der Waals surface area (Å²) in [5.41, 5.74) is 0. The van der Waals surface area contributed by atoms with Gasteiger partial charge in [-0.15, -0.1) is 6.42 Å². The summed E-state index contributed by atoms with van der Waals surface area (Å²) in [7, 11) is 0. The monoisotopic (exact) mass is 357 g/mol.